The Bertz CT molecular complexity index is 427. The minimum Gasteiger partial charge on any atom is -0.469 e. The SMILES string of the molecule is CCCCC(C(=O)OC)C(C)OC(=O)c1ccccc1. The van der Waals surface area contributed by atoms with Gasteiger partial charge in [0.2, 0.25) is 0 Å². The van der Waals surface area contributed by atoms with Crippen LogP contribution in [0, 0.1) is 5.92 Å². The van der Waals surface area contributed by atoms with Crippen LogP contribution in [0.15, 0.2) is 30.3 Å². The van der Waals surface area contributed by atoms with Gasteiger partial charge in [-0.3, -0.25) is 4.79 Å². The van der Waals surface area contributed by atoms with Crippen LogP contribution in [-0.2, 0) is 14.3 Å². The fraction of sp³-hybridized carbons (Fsp3) is 0.500. The standard InChI is InChI=1S/C16H22O4/c1-4-5-11-14(16(18)19-3)12(2)20-15(17)13-9-7-6-8-10-13/h6-10,12,14H,4-5,11H2,1-3H3. The molecule has 0 aromatic heterocycles. The topological polar surface area (TPSA) is 52.6 Å². The maximum Gasteiger partial charge on any atom is 0.338 e. The summed E-state index contributed by atoms with van der Waals surface area (Å²) in [5.41, 5.74) is 0.485. The Morgan fingerprint density at radius 2 is 1.85 bits per heavy atom. The average molecular weight is 278 g/mol. The predicted molar refractivity (Wildman–Crippen MR) is 76.4 cm³/mol. The van der Waals surface area contributed by atoms with Gasteiger partial charge in [-0.15, -0.1) is 0 Å². The lowest BCUT2D eigenvalue weighted by Crippen LogP contribution is -2.31. The van der Waals surface area contributed by atoms with Crippen LogP contribution in [0.4, 0.5) is 0 Å². The van der Waals surface area contributed by atoms with Crippen LogP contribution in [0.3, 0.4) is 0 Å². The first-order valence-electron chi connectivity index (χ1n) is 6.94. The first-order valence-corrected chi connectivity index (χ1v) is 6.94. The molecule has 0 fully saturated rings. The predicted octanol–water partition coefficient (Wildman–Crippen LogP) is 3.21. The minimum atomic E-state index is -0.498. The van der Waals surface area contributed by atoms with Crippen molar-refractivity contribution in [3.8, 4) is 0 Å². The second-order valence-electron chi connectivity index (χ2n) is 4.75. The number of unbranched alkanes of at least 4 members (excludes halogenated alkanes) is 1. The lowest BCUT2D eigenvalue weighted by molar-refractivity contribution is -0.149. The van der Waals surface area contributed by atoms with Gasteiger partial charge in [0.15, 0.2) is 0 Å². The van der Waals surface area contributed by atoms with Gasteiger partial charge >= 0.3 is 11.9 Å². The Morgan fingerprint density at radius 3 is 2.40 bits per heavy atom. The monoisotopic (exact) mass is 278 g/mol. The van der Waals surface area contributed by atoms with E-state index in [4.69, 9.17) is 9.47 Å². The van der Waals surface area contributed by atoms with Gasteiger partial charge in [-0.2, -0.15) is 0 Å². The van der Waals surface area contributed by atoms with Crippen molar-refractivity contribution < 1.29 is 19.1 Å². The third-order valence-electron chi connectivity index (χ3n) is 3.24. The lowest BCUT2D eigenvalue weighted by Gasteiger charge is -2.21. The molecule has 0 saturated carbocycles. The fourth-order valence-corrected chi connectivity index (χ4v) is 2.01. The molecule has 0 heterocycles. The molecule has 2 unspecified atom stereocenters. The first kappa shape index (κ1) is 16.2. The molecule has 0 aliphatic carbocycles. The molecule has 0 aliphatic rings. The van der Waals surface area contributed by atoms with Crippen molar-refractivity contribution in [2.45, 2.75) is 39.2 Å². The van der Waals surface area contributed by atoms with Gasteiger partial charge in [0.1, 0.15) is 6.10 Å². The molecule has 1 aromatic carbocycles. The van der Waals surface area contributed by atoms with Crippen LogP contribution in [0.25, 0.3) is 0 Å². The maximum atomic E-state index is 12.0. The number of hydrogen-bond donors (Lipinski definition) is 0. The van der Waals surface area contributed by atoms with Gasteiger partial charge in [-0.25, -0.2) is 4.79 Å². The third kappa shape index (κ3) is 4.68. The summed E-state index contributed by atoms with van der Waals surface area (Å²) in [6, 6.07) is 8.76. The summed E-state index contributed by atoms with van der Waals surface area (Å²) >= 11 is 0. The summed E-state index contributed by atoms with van der Waals surface area (Å²) in [7, 11) is 1.35. The summed E-state index contributed by atoms with van der Waals surface area (Å²) < 4.78 is 10.2. The molecular weight excluding hydrogens is 256 g/mol. The van der Waals surface area contributed by atoms with Crippen LogP contribution < -0.4 is 0 Å². The summed E-state index contributed by atoms with van der Waals surface area (Å²) in [5, 5.41) is 0. The highest BCUT2D eigenvalue weighted by Crippen LogP contribution is 2.19. The first-order chi connectivity index (χ1) is 9.60. The molecule has 0 spiro atoms. The second kappa shape index (κ2) is 8.35. The largest absolute Gasteiger partial charge is 0.469 e. The van der Waals surface area contributed by atoms with Crippen LogP contribution in [0.1, 0.15) is 43.5 Å². The number of benzene rings is 1. The Morgan fingerprint density at radius 1 is 1.20 bits per heavy atom. The van der Waals surface area contributed by atoms with E-state index in [1.54, 1.807) is 31.2 Å². The maximum absolute atomic E-state index is 12.0. The Kier molecular flexibility index (Phi) is 6.77. The van der Waals surface area contributed by atoms with Crippen LogP contribution in [0.5, 0.6) is 0 Å². The van der Waals surface area contributed by atoms with Gasteiger partial charge in [0.25, 0.3) is 0 Å². The molecule has 1 rings (SSSR count). The molecule has 0 aliphatic heterocycles. The van der Waals surface area contributed by atoms with Crippen molar-refractivity contribution >= 4 is 11.9 Å². The highest BCUT2D eigenvalue weighted by atomic mass is 16.6. The zero-order chi connectivity index (χ0) is 15.0. The second-order valence-corrected chi connectivity index (χ2v) is 4.75. The van der Waals surface area contributed by atoms with E-state index in [1.807, 2.05) is 6.07 Å². The Balaban J connectivity index is 2.67. The van der Waals surface area contributed by atoms with Gasteiger partial charge in [0.05, 0.1) is 18.6 Å². The highest BCUT2D eigenvalue weighted by molar-refractivity contribution is 5.89. The van der Waals surface area contributed by atoms with Crippen molar-refractivity contribution in [2.75, 3.05) is 7.11 Å². The van der Waals surface area contributed by atoms with Crippen LogP contribution >= 0.6 is 0 Å². The quantitative estimate of drug-likeness (QED) is 0.719. The Labute approximate surface area is 120 Å². The van der Waals surface area contributed by atoms with Crippen LogP contribution in [0.2, 0.25) is 0 Å². The molecule has 0 N–H and O–H groups in total. The van der Waals surface area contributed by atoms with E-state index in [0.29, 0.717) is 12.0 Å². The normalized spacial score (nSPS) is 13.3. The van der Waals surface area contributed by atoms with E-state index in [2.05, 4.69) is 6.92 Å². The number of methoxy groups -OCH3 is 1. The average Bonchev–Trinajstić information content (AvgIpc) is 2.48. The van der Waals surface area contributed by atoms with Crippen molar-refractivity contribution in [3.63, 3.8) is 0 Å². The van der Waals surface area contributed by atoms with Gasteiger partial charge in [-0.1, -0.05) is 38.0 Å². The van der Waals surface area contributed by atoms with E-state index in [9.17, 15) is 9.59 Å². The lowest BCUT2D eigenvalue weighted by atomic mass is 9.97. The minimum absolute atomic E-state index is 0.327. The zero-order valence-corrected chi connectivity index (χ0v) is 12.3. The summed E-state index contributed by atoms with van der Waals surface area (Å²) in [4.78, 5) is 23.7. The number of esters is 2. The van der Waals surface area contributed by atoms with Crippen molar-refractivity contribution in [1.82, 2.24) is 0 Å². The fourth-order valence-electron chi connectivity index (χ4n) is 2.01. The smallest absolute Gasteiger partial charge is 0.338 e. The molecule has 4 heteroatoms. The van der Waals surface area contributed by atoms with Gasteiger partial charge in [0, 0.05) is 0 Å². The molecule has 110 valence electrons. The number of carbonyl (C=O) groups is 2. The van der Waals surface area contributed by atoms with Crippen molar-refractivity contribution in [2.24, 2.45) is 5.92 Å². The zero-order valence-electron chi connectivity index (χ0n) is 12.3. The Hall–Kier alpha value is -1.84. The molecule has 1 aromatic rings. The van der Waals surface area contributed by atoms with Gasteiger partial charge < -0.3 is 9.47 Å². The molecule has 4 nitrogen and oxygen atoms in total. The summed E-state index contributed by atoms with van der Waals surface area (Å²) in [6.07, 6.45) is 2.04. The molecule has 0 amide bonds. The van der Waals surface area contributed by atoms with E-state index < -0.39 is 18.0 Å². The number of carbonyl (C=O) groups excluding carboxylic acids is 2. The van der Waals surface area contributed by atoms with Crippen molar-refractivity contribution in [1.29, 1.82) is 0 Å². The summed E-state index contributed by atoms with van der Waals surface area (Å²) in [6.45, 7) is 3.78. The number of hydrogen-bond acceptors (Lipinski definition) is 4. The third-order valence-corrected chi connectivity index (χ3v) is 3.24. The number of ether oxygens (including phenoxy) is 2. The summed E-state index contributed by atoms with van der Waals surface area (Å²) in [5.74, 6) is -1.15. The molecule has 20 heavy (non-hydrogen) atoms. The van der Waals surface area contributed by atoms with Crippen molar-refractivity contribution in [3.05, 3.63) is 35.9 Å². The molecule has 2 atom stereocenters. The molecular formula is C16H22O4. The molecule has 0 saturated heterocycles. The van der Waals surface area contributed by atoms with E-state index >= 15 is 0 Å². The van der Waals surface area contributed by atoms with E-state index in [0.717, 1.165) is 12.8 Å². The van der Waals surface area contributed by atoms with Gasteiger partial charge in [-0.05, 0) is 25.5 Å². The van der Waals surface area contributed by atoms with Crippen LogP contribution in [-0.4, -0.2) is 25.2 Å². The highest BCUT2D eigenvalue weighted by Gasteiger charge is 2.28. The van der Waals surface area contributed by atoms with E-state index in [-0.39, 0.29) is 5.97 Å². The molecule has 0 radical (unpaired) electrons. The number of rotatable bonds is 7. The molecule has 0 bridgehead atoms. The van der Waals surface area contributed by atoms with E-state index in [1.165, 1.54) is 7.11 Å².